The van der Waals surface area contributed by atoms with Gasteiger partial charge >= 0.3 is 12.0 Å². The molecule has 1 aromatic carbocycles. The first-order valence-electron chi connectivity index (χ1n) is 8.23. The number of aromatic nitrogens is 1. The molecule has 0 bridgehead atoms. The number of carbonyl (C=O) groups excluding carboxylic acids is 2. The summed E-state index contributed by atoms with van der Waals surface area (Å²) >= 11 is 0. The average Bonchev–Trinajstić information content (AvgIpc) is 3.12. The highest BCUT2D eigenvalue weighted by Crippen LogP contribution is 2.33. The number of nitrogens with zero attached hydrogens (tertiary/aromatic N) is 2. The second kappa shape index (κ2) is 7.79. The highest BCUT2D eigenvalue weighted by molar-refractivity contribution is 5.79. The predicted octanol–water partition coefficient (Wildman–Crippen LogP) is 2.18. The standard InChI is InChI=1S/C19H21N3O3/c1-25-18(23)17-13-22(12-16(17)15-7-3-2-4-8-15)19(24)21-11-14-6-5-9-20-10-14/h2-10,16-17H,11-13H2,1H3,(H,21,24)/t16-,17-/m1/s1. The molecule has 2 heterocycles. The number of nitrogens with one attached hydrogen (secondary N) is 1. The van der Waals surface area contributed by atoms with E-state index in [4.69, 9.17) is 4.74 Å². The minimum absolute atomic E-state index is 0.0576. The van der Waals surface area contributed by atoms with Crippen LogP contribution in [0.5, 0.6) is 0 Å². The average molecular weight is 339 g/mol. The van der Waals surface area contributed by atoms with Crippen LogP contribution >= 0.6 is 0 Å². The van der Waals surface area contributed by atoms with E-state index in [1.165, 1.54) is 7.11 Å². The van der Waals surface area contributed by atoms with Gasteiger partial charge < -0.3 is 15.0 Å². The number of carbonyl (C=O) groups is 2. The van der Waals surface area contributed by atoms with Gasteiger partial charge in [-0.25, -0.2) is 4.79 Å². The van der Waals surface area contributed by atoms with E-state index in [9.17, 15) is 9.59 Å². The number of urea groups is 1. The lowest BCUT2D eigenvalue weighted by Crippen LogP contribution is -2.38. The van der Waals surface area contributed by atoms with Crippen LogP contribution in [-0.2, 0) is 16.1 Å². The molecule has 2 aromatic rings. The van der Waals surface area contributed by atoms with E-state index < -0.39 is 0 Å². The molecular formula is C19H21N3O3. The van der Waals surface area contributed by atoms with E-state index in [-0.39, 0.29) is 23.8 Å². The van der Waals surface area contributed by atoms with Crippen molar-refractivity contribution in [2.75, 3.05) is 20.2 Å². The topological polar surface area (TPSA) is 71.5 Å². The van der Waals surface area contributed by atoms with Crippen LogP contribution in [0.4, 0.5) is 4.79 Å². The molecule has 0 unspecified atom stereocenters. The van der Waals surface area contributed by atoms with Crippen molar-refractivity contribution in [2.45, 2.75) is 12.5 Å². The van der Waals surface area contributed by atoms with Crippen molar-refractivity contribution in [3.8, 4) is 0 Å². The lowest BCUT2D eigenvalue weighted by molar-refractivity contribution is -0.145. The van der Waals surface area contributed by atoms with Gasteiger partial charge in [-0.1, -0.05) is 36.4 Å². The van der Waals surface area contributed by atoms with Crippen molar-refractivity contribution in [1.29, 1.82) is 0 Å². The first kappa shape index (κ1) is 17.0. The van der Waals surface area contributed by atoms with Crippen LogP contribution in [0.2, 0.25) is 0 Å². The number of hydrogen-bond acceptors (Lipinski definition) is 4. The number of likely N-dealkylation sites (tertiary alicyclic amines) is 1. The van der Waals surface area contributed by atoms with Gasteiger partial charge in [0.25, 0.3) is 0 Å². The molecule has 1 aromatic heterocycles. The van der Waals surface area contributed by atoms with Gasteiger partial charge in [0.15, 0.2) is 0 Å². The van der Waals surface area contributed by atoms with Gasteiger partial charge in [0.2, 0.25) is 0 Å². The van der Waals surface area contributed by atoms with Crippen LogP contribution < -0.4 is 5.32 Å². The van der Waals surface area contributed by atoms with E-state index in [1.54, 1.807) is 17.3 Å². The van der Waals surface area contributed by atoms with Gasteiger partial charge in [-0.3, -0.25) is 9.78 Å². The number of pyridine rings is 1. The Morgan fingerprint density at radius 2 is 2.00 bits per heavy atom. The Hall–Kier alpha value is -2.89. The zero-order valence-corrected chi connectivity index (χ0v) is 14.1. The molecule has 1 aliphatic rings. The quantitative estimate of drug-likeness (QED) is 0.867. The number of benzene rings is 1. The summed E-state index contributed by atoms with van der Waals surface area (Å²) in [6, 6.07) is 13.3. The first-order chi connectivity index (χ1) is 12.2. The molecule has 1 N–H and O–H groups in total. The molecule has 0 aliphatic carbocycles. The Balaban J connectivity index is 1.68. The lowest BCUT2D eigenvalue weighted by atomic mass is 9.89. The van der Waals surface area contributed by atoms with Gasteiger partial charge in [0, 0.05) is 37.9 Å². The zero-order chi connectivity index (χ0) is 17.6. The highest BCUT2D eigenvalue weighted by atomic mass is 16.5. The van der Waals surface area contributed by atoms with Crippen LogP contribution in [-0.4, -0.2) is 42.1 Å². The molecule has 2 amide bonds. The largest absolute Gasteiger partial charge is 0.469 e. The van der Waals surface area contributed by atoms with Crippen molar-refractivity contribution >= 4 is 12.0 Å². The SMILES string of the molecule is COC(=O)[C@@H]1CN(C(=O)NCc2cccnc2)C[C@@H]1c1ccccc1. The Morgan fingerprint density at radius 1 is 1.20 bits per heavy atom. The molecule has 25 heavy (non-hydrogen) atoms. The van der Waals surface area contributed by atoms with Gasteiger partial charge in [0.1, 0.15) is 0 Å². The predicted molar refractivity (Wildman–Crippen MR) is 92.7 cm³/mol. The molecular weight excluding hydrogens is 318 g/mol. The molecule has 1 aliphatic heterocycles. The maximum Gasteiger partial charge on any atom is 0.317 e. The smallest absolute Gasteiger partial charge is 0.317 e. The van der Waals surface area contributed by atoms with Crippen molar-refractivity contribution in [1.82, 2.24) is 15.2 Å². The number of amides is 2. The minimum Gasteiger partial charge on any atom is -0.469 e. The summed E-state index contributed by atoms with van der Waals surface area (Å²) in [7, 11) is 1.38. The number of methoxy groups -OCH3 is 1. The normalized spacial score (nSPS) is 19.5. The Morgan fingerprint density at radius 3 is 2.68 bits per heavy atom. The van der Waals surface area contributed by atoms with E-state index >= 15 is 0 Å². The Bertz CT molecular complexity index is 721. The Kier molecular flexibility index (Phi) is 5.28. The van der Waals surface area contributed by atoms with Crippen LogP contribution in [0.3, 0.4) is 0 Å². The van der Waals surface area contributed by atoms with E-state index in [0.717, 1.165) is 11.1 Å². The summed E-state index contributed by atoms with van der Waals surface area (Å²) in [5.74, 6) is -0.689. The van der Waals surface area contributed by atoms with E-state index in [0.29, 0.717) is 19.6 Å². The first-order valence-corrected chi connectivity index (χ1v) is 8.23. The van der Waals surface area contributed by atoms with Gasteiger partial charge in [-0.2, -0.15) is 0 Å². The molecule has 130 valence electrons. The number of esters is 1. The van der Waals surface area contributed by atoms with Gasteiger partial charge in [0.05, 0.1) is 13.0 Å². The summed E-state index contributed by atoms with van der Waals surface area (Å²) in [6.07, 6.45) is 3.41. The zero-order valence-electron chi connectivity index (χ0n) is 14.1. The number of rotatable bonds is 4. The summed E-state index contributed by atoms with van der Waals surface area (Å²) in [5, 5.41) is 2.89. The molecule has 0 radical (unpaired) electrons. The molecule has 2 atom stereocenters. The van der Waals surface area contributed by atoms with Gasteiger partial charge in [-0.15, -0.1) is 0 Å². The molecule has 1 fully saturated rings. The molecule has 3 rings (SSSR count). The maximum absolute atomic E-state index is 12.5. The van der Waals surface area contributed by atoms with Crippen molar-refractivity contribution in [3.63, 3.8) is 0 Å². The van der Waals surface area contributed by atoms with Crippen LogP contribution in [0, 0.1) is 5.92 Å². The van der Waals surface area contributed by atoms with E-state index in [1.807, 2.05) is 42.5 Å². The summed E-state index contributed by atoms with van der Waals surface area (Å²) < 4.78 is 4.94. The fourth-order valence-electron chi connectivity index (χ4n) is 3.19. The fourth-order valence-corrected chi connectivity index (χ4v) is 3.19. The molecule has 6 heteroatoms. The van der Waals surface area contributed by atoms with Crippen LogP contribution in [0.25, 0.3) is 0 Å². The number of ether oxygens (including phenoxy) is 1. The summed E-state index contributed by atoms with van der Waals surface area (Å²) in [6.45, 7) is 1.25. The van der Waals surface area contributed by atoms with Gasteiger partial charge in [-0.05, 0) is 17.2 Å². The third kappa shape index (κ3) is 3.96. The fraction of sp³-hybridized carbons (Fsp3) is 0.316. The second-order valence-electron chi connectivity index (χ2n) is 6.07. The second-order valence-corrected chi connectivity index (χ2v) is 6.07. The molecule has 1 saturated heterocycles. The van der Waals surface area contributed by atoms with E-state index in [2.05, 4.69) is 10.3 Å². The molecule has 0 spiro atoms. The van der Waals surface area contributed by atoms with Crippen molar-refractivity contribution in [2.24, 2.45) is 5.92 Å². The molecule has 6 nitrogen and oxygen atoms in total. The monoisotopic (exact) mass is 339 g/mol. The minimum atomic E-state index is -0.350. The summed E-state index contributed by atoms with van der Waals surface area (Å²) in [4.78, 5) is 30.4. The number of hydrogen-bond donors (Lipinski definition) is 1. The Labute approximate surface area is 146 Å². The van der Waals surface area contributed by atoms with Crippen molar-refractivity contribution in [3.05, 3.63) is 66.0 Å². The summed E-state index contributed by atoms with van der Waals surface area (Å²) in [5.41, 5.74) is 1.97. The van der Waals surface area contributed by atoms with Crippen LogP contribution in [0.1, 0.15) is 17.0 Å². The van der Waals surface area contributed by atoms with Crippen molar-refractivity contribution < 1.29 is 14.3 Å². The van der Waals surface area contributed by atoms with Crippen LogP contribution in [0.15, 0.2) is 54.9 Å². The third-order valence-electron chi connectivity index (χ3n) is 4.51. The maximum atomic E-state index is 12.5. The molecule has 0 saturated carbocycles. The lowest BCUT2D eigenvalue weighted by Gasteiger charge is -2.17. The third-order valence-corrected chi connectivity index (χ3v) is 4.51. The highest BCUT2D eigenvalue weighted by Gasteiger charge is 2.41.